The van der Waals surface area contributed by atoms with E-state index in [2.05, 4.69) is 14.9 Å². The van der Waals surface area contributed by atoms with Crippen LogP contribution in [0.3, 0.4) is 0 Å². The van der Waals surface area contributed by atoms with E-state index in [1.165, 1.54) is 0 Å². The van der Waals surface area contributed by atoms with Crippen LogP contribution >= 0.6 is 11.8 Å². The Labute approximate surface area is 135 Å². The van der Waals surface area contributed by atoms with Gasteiger partial charge in [-0.3, -0.25) is 4.79 Å². The van der Waals surface area contributed by atoms with Crippen molar-refractivity contribution in [2.24, 2.45) is 5.92 Å². The third kappa shape index (κ3) is 3.35. The first-order valence-electron chi connectivity index (χ1n) is 7.68. The van der Waals surface area contributed by atoms with E-state index in [1.54, 1.807) is 11.8 Å². The van der Waals surface area contributed by atoms with Crippen LogP contribution in [0.4, 0.5) is 5.82 Å². The van der Waals surface area contributed by atoms with Gasteiger partial charge < -0.3 is 14.5 Å². The maximum Gasteiger partial charge on any atom is 0.227 e. The zero-order chi connectivity index (χ0) is 15.5. The van der Waals surface area contributed by atoms with Gasteiger partial charge in [-0.1, -0.05) is 11.8 Å². The number of amides is 1. The highest BCUT2D eigenvalue weighted by Crippen LogP contribution is 2.25. The molecule has 22 heavy (non-hydrogen) atoms. The van der Waals surface area contributed by atoms with Gasteiger partial charge >= 0.3 is 0 Å². The lowest BCUT2D eigenvalue weighted by molar-refractivity contribution is -0.138. The van der Waals surface area contributed by atoms with Crippen molar-refractivity contribution in [2.75, 3.05) is 50.5 Å². The van der Waals surface area contributed by atoms with Gasteiger partial charge in [0, 0.05) is 37.9 Å². The number of hydrogen-bond donors (Lipinski definition) is 0. The molecule has 7 heteroatoms. The Balaban J connectivity index is 1.66. The minimum atomic E-state index is 0.0751. The predicted molar refractivity (Wildman–Crippen MR) is 86.3 cm³/mol. The molecule has 0 aliphatic carbocycles. The molecule has 0 spiro atoms. The van der Waals surface area contributed by atoms with Crippen LogP contribution in [-0.2, 0) is 9.53 Å². The van der Waals surface area contributed by atoms with Gasteiger partial charge in [-0.05, 0) is 19.6 Å². The zero-order valence-corrected chi connectivity index (χ0v) is 13.9. The maximum absolute atomic E-state index is 12.6. The molecule has 0 aromatic carbocycles. The summed E-state index contributed by atoms with van der Waals surface area (Å²) in [6, 6.07) is 2.00. The summed E-state index contributed by atoms with van der Waals surface area (Å²) >= 11 is 1.55. The van der Waals surface area contributed by atoms with Crippen LogP contribution in [0.2, 0.25) is 0 Å². The summed E-state index contributed by atoms with van der Waals surface area (Å²) in [5.41, 5.74) is 0.970. The molecular formula is C15H22N4O2S. The van der Waals surface area contributed by atoms with Gasteiger partial charge in [0.2, 0.25) is 5.91 Å². The van der Waals surface area contributed by atoms with Crippen molar-refractivity contribution in [3.05, 3.63) is 11.8 Å². The van der Waals surface area contributed by atoms with E-state index in [-0.39, 0.29) is 11.8 Å². The number of rotatable bonds is 3. The number of hydrogen-bond acceptors (Lipinski definition) is 6. The molecule has 0 bridgehead atoms. The van der Waals surface area contributed by atoms with Crippen LogP contribution in [0.15, 0.2) is 11.2 Å². The van der Waals surface area contributed by atoms with Crippen LogP contribution in [0, 0.1) is 12.8 Å². The Hall–Kier alpha value is -1.34. The highest BCUT2D eigenvalue weighted by molar-refractivity contribution is 7.98. The van der Waals surface area contributed by atoms with Crippen molar-refractivity contribution in [3.63, 3.8) is 0 Å². The molecule has 2 aliphatic heterocycles. The van der Waals surface area contributed by atoms with Gasteiger partial charge in [-0.25, -0.2) is 9.97 Å². The summed E-state index contributed by atoms with van der Waals surface area (Å²) in [5, 5.41) is 0.790. The first-order valence-corrected chi connectivity index (χ1v) is 8.91. The molecule has 1 atom stereocenters. The highest BCUT2D eigenvalue weighted by atomic mass is 32.2. The molecule has 1 aromatic heterocycles. The number of carbonyl (C=O) groups is 1. The molecule has 2 saturated heterocycles. The Morgan fingerprint density at radius 1 is 1.32 bits per heavy atom. The number of ether oxygens (including phenoxy) is 1. The predicted octanol–water partition coefficient (Wildman–Crippen LogP) is 1.19. The standard InChI is InChI=1S/C15H22N4O2S/c1-11-9-13(17-15(16-11)22-2)19-4-3-12(10-19)14(20)18-5-7-21-8-6-18/h9,12H,3-8,10H2,1-2H3. The van der Waals surface area contributed by atoms with Gasteiger partial charge in [0.15, 0.2) is 5.16 Å². The van der Waals surface area contributed by atoms with E-state index >= 15 is 0 Å². The van der Waals surface area contributed by atoms with Crippen LogP contribution in [-0.4, -0.2) is 66.4 Å². The fraction of sp³-hybridized carbons (Fsp3) is 0.667. The summed E-state index contributed by atoms with van der Waals surface area (Å²) in [7, 11) is 0. The van der Waals surface area contributed by atoms with Crippen molar-refractivity contribution in [3.8, 4) is 0 Å². The van der Waals surface area contributed by atoms with E-state index in [9.17, 15) is 4.79 Å². The molecule has 0 N–H and O–H groups in total. The van der Waals surface area contributed by atoms with Crippen LogP contribution < -0.4 is 4.90 Å². The molecule has 1 amide bonds. The lowest BCUT2D eigenvalue weighted by Gasteiger charge is -2.29. The van der Waals surface area contributed by atoms with Crippen LogP contribution in [0.5, 0.6) is 0 Å². The summed E-state index contributed by atoms with van der Waals surface area (Å²) < 4.78 is 5.32. The molecule has 2 aliphatic rings. The molecule has 3 heterocycles. The zero-order valence-electron chi connectivity index (χ0n) is 13.1. The van der Waals surface area contributed by atoms with Gasteiger partial charge in [-0.2, -0.15) is 0 Å². The van der Waals surface area contributed by atoms with E-state index < -0.39 is 0 Å². The second-order valence-electron chi connectivity index (χ2n) is 5.72. The van der Waals surface area contributed by atoms with Crippen molar-refractivity contribution < 1.29 is 9.53 Å². The number of nitrogens with zero attached hydrogens (tertiary/aromatic N) is 4. The third-order valence-electron chi connectivity index (χ3n) is 4.19. The average Bonchev–Trinajstić information content (AvgIpc) is 3.04. The molecule has 120 valence electrons. The molecule has 6 nitrogen and oxygen atoms in total. The van der Waals surface area contributed by atoms with Gasteiger partial charge in [0.25, 0.3) is 0 Å². The molecule has 1 aromatic rings. The Morgan fingerprint density at radius 2 is 2.09 bits per heavy atom. The minimum absolute atomic E-state index is 0.0751. The average molecular weight is 322 g/mol. The lowest BCUT2D eigenvalue weighted by atomic mass is 10.1. The quantitative estimate of drug-likeness (QED) is 0.615. The number of anilines is 1. The summed E-state index contributed by atoms with van der Waals surface area (Å²) in [5.74, 6) is 1.28. The van der Waals surface area contributed by atoms with Gasteiger partial charge in [0.1, 0.15) is 5.82 Å². The molecule has 3 rings (SSSR count). The van der Waals surface area contributed by atoms with Crippen molar-refractivity contribution >= 4 is 23.5 Å². The summed E-state index contributed by atoms with van der Waals surface area (Å²) in [6.07, 6.45) is 2.88. The first kappa shape index (κ1) is 15.6. The Kier molecular flexibility index (Phi) is 4.83. The van der Waals surface area contributed by atoms with E-state index in [0.29, 0.717) is 13.2 Å². The number of thioether (sulfide) groups is 1. The minimum Gasteiger partial charge on any atom is -0.378 e. The topological polar surface area (TPSA) is 58.6 Å². The largest absolute Gasteiger partial charge is 0.378 e. The lowest BCUT2D eigenvalue weighted by Crippen LogP contribution is -2.44. The van der Waals surface area contributed by atoms with E-state index in [0.717, 1.165) is 49.3 Å². The second kappa shape index (κ2) is 6.83. The van der Waals surface area contributed by atoms with Crippen molar-refractivity contribution in [1.82, 2.24) is 14.9 Å². The second-order valence-corrected chi connectivity index (χ2v) is 6.50. The first-order chi connectivity index (χ1) is 10.7. The number of carbonyl (C=O) groups excluding carboxylic acids is 1. The normalized spacial score (nSPS) is 22.2. The van der Waals surface area contributed by atoms with Crippen molar-refractivity contribution in [1.29, 1.82) is 0 Å². The smallest absolute Gasteiger partial charge is 0.227 e. The molecule has 2 fully saturated rings. The summed E-state index contributed by atoms with van der Waals surface area (Å²) in [6.45, 7) is 6.37. The van der Waals surface area contributed by atoms with E-state index in [1.807, 2.05) is 24.1 Å². The number of aromatic nitrogens is 2. The monoisotopic (exact) mass is 322 g/mol. The molecule has 0 saturated carbocycles. The molecule has 0 radical (unpaired) electrons. The highest BCUT2D eigenvalue weighted by Gasteiger charge is 2.32. The van der Waals surface area contributed by atoms with Crippen LogP contribution in [0.1, 0.15) is 12.1 Å². The molecule has 1 unspecified atom stereocenters. The fourth-order valence-corrected chi connectivity index (χ4v) is 3.41. The summed E-state index contributed by atoms with van der Waals surface area (Å²) in [4.78, 5) is 25.7. The Bertz CT molecular complexity index is 548. The molecular weight excluding hydrogens is 300 g/mol. The Morgan fingerprint density at radius 3 is 2.82 bits per heavy atom. The SMILES string of the molecule is CSc1nc(C)cc(N2CCC(C(=O)N3CCOCC3)C2)n1. The fourth-order valence-electron chi connectivity index (χ4n) is 2.99. The maximum atomic E-state index is 12.6. The van der Waals surface area contributed by atoms with Gasteiger partial charge in [0.05, 0.1) is 19.1 Å². The van der Waals surface area contributed by atoms with Gasteiger partial charge in [-0.15, -0.1) is 0 Å². The third-order valence-corrected chi connectivity index (χ3v) is 4.73. The number of aryl methyl sites for hydroxylation is 1. The van der Waals surface area contributed by atoms with Crippen molar-refractivity contribution in [2.45, 2.75) is 18.5 Å². The number of morpholine rings is 1. The van der Waals surface area contributed by atoms with E-state index in [4.69, 9.17) is 4.74 Å². The van der Waals surface area contributed by atoms with Crippen LogP contribution in [0.25, 0.3) is 0 Å².